The lowest BCUT2D eigenvalue weighted by Gasteiger charge is -2.03. The molecular weight excluding hydrogens is 192 g/mol. The van der Waals surface area contributed by atoms with Crippen molar-refractivity contribution < 1.29 is 14.3 Å². The molecule has 3 heteroatoms. The lowest BCUT2D eigenvalue weighted by atomic mass is 10.0. The molecule has 0 spiro atoms. The number of aryl methyl sites for hydroxylation is 2. The van der Waals surface area contributed by atoms with Crippen molar-refractivity contribution in [3.63, 3.8) is 0 Å². The molecule has 0 N–H and O–H groups in total. The van der Waals surface area contributed by atoms with Crippen molar-refractivity contribution in [2.75, 3.05) is 6.61 Å². The van der Waals surface area contributed by atoms with E-state index in [-0.39, 0.29) is 6.61 Å². The third-order valence-corrected chi connectivity index (χ3v) is 1.94. The third kappa shape index (κ3) is 2.91. The Labute approximate surface area is 89.1 Å². The van der Waals surface area contributed by atoms with E-state index >= 15 is 0 Å². The summed E-state index contributed by atoms with van der Waals surface area (Å²) in [4.78, 5) is 22.8. The molecule has 0 aliphatic rings. The van der Waals surface area contributed by atoms with E-state index in [1.54, 1.807) is 19.1 Å². The molecule has 0 saturated heterocycles. The van der Waals surface area contributed by atoms with Crippen molar-refractivity contribution in [2.45, 2.75) is 20.8 Å². The van der Waals surface area contributed by atoms with Crippen molar-refractivity contribution in [1.82, 2.24) is 0 Å². The van der Waals surface area contributed by atoms with Gasteiger partial charge in [0.25, 0.3) is 5.78 Å². The fourth-order valence-electron chi connectivity index (χ4n) is 1.42. The first-order chi connectivity index (χ1) is 7.04. The normalized spacial score (nSPS) is 9.80. The molecule has 0 amide bonds. The molecule has 0 saturated carbocycles. The predicted octanol–water partition coefficient (Wildman–Crippen LogP) is 2.05. The zero-order valence-electron chi connectivity index (χ0n) is 9.16. The van der Waals surface area contributed by atoms with Crippen LogP contribution in [-0.4, -0.2) is 18.4 Å². The molecule has 0 aliphatic heterocycles. The highest BCUT2D eigenvalue weighted by Gasteiger charge is 2.17. The molecule has 80 valence electrons. The van der Waals surface area contributed by atoms with Gasteiger partial charge in [-0.2, -0.15) is 0 Å². The maximum atomic E-state index is 11.6. The van der Waals surface area contributed by atoms with Crippen molar-refractivity contribution in [2.24, 2.45) is 0 Å². The van der Waals surface area contributed by atoms with Gasteiger partial charge in [0.15, 0.2) is 0 Å². The summed E-state index contributed by atoms with van der Waals surface area (Å²) in [6.07, 6.45) is 0. The molecule has 0 unspecified atom stereocenters. The molecule has 15 heavy (non-hydrogen) atoms. The highest BCUT2D eigenvalue weighted by molar-refractivity contribution is 6.40. The van der Waals surface area contributed by atoms with Gasteiger partial charge in [0.05, 0.1) is 6.61 Å². The number of ether oxygens (including phenoxy) is 1. The van der Waals surface area contributed by atoms with E-state index in [1.165, 1.54) is 0 Å². The Morgan fingerprint density at radius 2 is 1.67 bits per heavy atom. The van der Waals surface area contributed by atoms with E-state index in [2.05, 4.69) is 4.74 Å². The minimum Gasteiger partial charge on any atom is -0.460 e. The number of hydrogen-bond donors (Lipinski definition) is 0. The quantitative estimate of drug-likeness (QED) is 0.432. The van der Waals surface area contributed by atoms with Crippen molar-refractivity contribution in [3.05, 3.63) is 34.9 Å². The van der Waals surface area contributed by atoms with Crippen LogP contribution in [0.15, 0.2) is 18.2 Å². The molecule has 0 aliphatic carbocycles. The second-order valence-electron chi connectivity index (χ2n) is 3.43. The monoisotopic (exact) mass is 206 g/mol. The standard InChI is InChI=1S/C12H14O3/c1-4-15-12(14)11(13)10-6-8(2)5-9(3)7-10/h5-7H,4H2,1-3H3. The van der Waals surface area contributed by atoms with Gasteiger partial charge in [-0.1, -0.05) is 17.2 Å². The van der Waals surface area contributed by atoms with E-state index in [4.69, 9.17) is 0 Å². The number of carbonyl (C=O) groups excluding carboxylic acids is 2. The second kappa shape index (κ2) is 4.73. The fraction of sp³-hybridized carbons (Fsp3) is 0.333. The van der Waals surface area contributed by atoms with Gasteiger partial charge in [0, 0.05) is 5.56 Å². The SMILES string of the molecule is CCOC(=O)C(=O)c1cc(C)cc(C)c1. The Hall–Kier alpha value is -1.64. The maximum absolute atomic E-state index is 11.6. The molecule has 0 fully saturated rings. The zero-order valence-corrected chi connectivity index (χ0v) is 9.16. The molecule has 1 rings (SSSR count). The number of ketones is 1. The molecule has 0 heterocycles. The molecule has 0 radical (unpaired) electrons. The smallest absolute Gasteiger partial charge is 0.379 e. The first-order valence-corrected chi connectivity index (χ1v) is 4.84. The topological polar surface area (TPSA) is 43.4 Å². The second-order valence-corrected chi connectivity index (χ2v) is 3.43. The Morgan fingerprint density at radius 3 is 2.13 bits per heavy atom. The highest BCUT2D eigenvalue weighted by atomic mass is 16.5. The molecule has 3 nitrogen and oxygen atoms in total. The molecule has 0 bridgehead atoms. The van der Waals surface area contributed by atoms with E-state index in [9.17, 15) is 9.59 Å². The van der Waals surface area contributed by atoms with Crippen LogP contribution >= 0.6 is 0 Å². The highest BCUT2D eigenvalue weighted by Crippen LogP contribution is 2.10. The Balaban J connectivity index is 2.96. The van der Waals surface area contributed by atoms with E-state index in [1.807, 2.05) is 19.9 Å². The lowest BCUT2D eigenvalue weighted by Crippen LogP contribution is -2.17. The van der Waals surface area contributed by atoms with Gasteiger partial charge >= 0.3 is 5.97 Å². The van der Waals surface area contributed by atoms with Gasteiger partial charge in [-0.3, -0.25) is 4.79 Å². The van der Waals surface area contributed by atoms with Crippen LogP contribution in [0.4, 0.5) is 0 Å². The van der Waals surface area contributed by atoms with E-state index < -0.39 is 11.8 Å². The van der Waals surface area contributed by atoms with Gasteiger partial charge < -0.3 is 4.74 Å². The lowest BCUT2D eigenvalue weighted by molar-refractivity contribution is -0.137. The third-order valence-electron chi connectivity index (χ3n) is 1.94. The average Bonchev–Trinajstić information content (AvgIpc) is 2.15. The average molecular weight is 206 g/mol. The summed E-state index contributed by atoms with van der Waals surface area (Å²) < 4.78 is 4.65. The summed E-state index contributed by atoms with van der Waals surface area (Å²) in [7, 11) is 0. The summed E-state index contributed by atoms with van der Waals surface area (Å²) in [6.45, 7) is 5.66. The maximum Gasteiger partial charge on any atom is 0.379 e. The molecule has 1 aromatic carbocycles. The minimum absolute atomic E-state index is 0.218. The van der Waals surface area contributed by atoms with Crippen LogP contribution in [0.5, 0.6) is 0 Å². The van der Waals surface area contributed by atoms with Crippen molar-refractivity contribution in [1.29, 1.82) is 0 Å². The number of carbonyl (C=O) groups is 2. The minimum atomic E-state index is -0.789. The van der Waals surface area contributed by atoms with E-state index in [0.29, 0.717) is 5.56 Å². The van der Waals surface area contributed by atoms with Crippen LogP contribution in [0.3, 0.4) is 0 Å². The number of Topliss-reactive ketones (excluding diaryl/α,β-unsaturated/α-hetero) is 1. The number of rotatable bonds is 3. The van der Waals surface area contributed by atoms with Crippen LogP contribution in [0.25, 0.3) is 0 Å². The summed E-state index contributed by atoms with van der Waals surface area (Å²) >= 11 is 0. The summed E-state index contributed by atoms with van der Waals surface area (Å²) in [5.41, 5.74) is 2.32. The van der Waals surface area contributed by atoms with E-state index in [0.717, 1.165) is 11.1 Å². The van der Waals surface area contributed by atoms with Crippen LogP contribution in [0, 0.1) is 13.8 Å². The van der Waals surface area contributed by atoms with Crippen molar-refractivity contribution in [3.8, 4) is 0 Å². The zero-order chi connectivity index (χ0) is 11.4. The fourth-order valence-corrected chi connectivity index (χ4v) is 1.42. The van der Waals surface area contributed by atoms with Gasteiger partial charge in [-0.15, -0.1) is 0 Å². The molecular formula is C12H14O3. The number of benzene rings is 1. The predicted molar refractivity (Wildman–Crippen MR) is 56.9 cm³/mol. The van der Waals surface area contributed by atoms with Crippen molar-refractivity contribution >= 4 is 11.8 Å². The van der Waals surface area contributed by atoms with Gasteiger partial charge in [0.2, 0.25) is 0 Å². The Morgan fingerprint density at radius 1 is 1.13 bits per heavy atom. The Bertz CT molecular complexity index is 374. The van der Waals surface area contributed by atoms with Crippen LogP contribution < -0.4 is 0 Å². The first kappa shape index (κ1) is 11.4. The summed E-state index contributed by atoms with van der Waals surface area (Å²) in [6, 6.07) is 5.32. The number of hydrogen-bond acceptors (Lipinski definition) is 3. The largest absolute Gasteiger partial charge is 0.460 e. The Kier molecular flexibility index (Phi) is 3.61. The van der Waals surface area contributed by atoms with Crippen LogP contribution in [0.2, 0.25) is 0 Å². The summed E-state index contributed by atoms with van der Waals surface area (Å²) in [5, 5.41) is 0. The van der Waals surface area contributed by atoms with Gasteiger partial charge in [-0.05, 0) is 32.9 Å². The van der Waals surface area contributed by atoms with Crippen LogP contribution in [-0.2, 0) is 9.53 Å². The number of esters is 1. The molecule has 0 atom stereocenters. The molecule has 1 aromatic rings. The first-order valence-electron chi connectivity index (χ1n) is 4.84. The van der Waals surface area contributed by atoms with Gasteiger partial charge in [0.1, 0.15) is 0 Å². The van der Waals surface area contributed by atoms with Crippen LogP contribution in [0.1, 0.15) is 28.4 Å². The van der Waals surface area contributed by atoms with Gasteiger partial charge in [-0.25, -0.2) is 4.79 Å². The summed E-state index contributed by atoms with van der Waals surface area (Å²) in [5.74, 6) is -1.37. The molecule has 0 aromatic heterocycles.